The molecule has 0 saturated heterocycles. The molecule has 1 heterocycles. The van der Waals surface area contributed by atoms with Crippen LogP contribution in [0, 0.1) is 0 Å². The van der Waals surface area contributed by atoms with Crippen LogP contribution in [-0.4, -0.2) is 57.6 Å². The third kappa shape index (κ3) is 5.00. The maximum Gasteiger partial charge on any atom is 0.433 e. The van der Waals surface area contributed by atoms with Gasteiger partial charge in [-0.1, -0.05) is 0 Å². The lowest BCUT2D eigenvalue weighted by atomic mass is 10.3. The highest BCUT2D eigenvalue weighted by Crippen LogP contribution is 2.31. The van der Waals surface area contributed by atoms with Crippen LogP contribution in [0.15, 0.2) is 6.07 Å². The molecule has 0 spiro atoms. The summed E-state index contributed by atoms with van der Waals surface area (Å²) >= 11 is 0. The zero-order valence-electron chi connectivity index (χ0n) is 13.0. The molecule has 10 heteroatoms. The van der Waals surface area contributed by atoms with Crippen LogP contribution in [0.5, 0.6) is 0 Å². The number of hydrogen-bond donors (Lipinski definition) is 0. The monoisotopic (exact) mass is 340 g/mol. The Kier molecular flexibility index (Phi) is 5.26. The van der Waals surface area contributed by atoms with Crippen molar-refractivity contribution in [2.24, 2.45) is 0 Å². The number of anilines is 2. The molecular weight excluding hydrogens is 321 g/mol. The van der Waals surface area contributed by atoms with E-state index in [1.165, 1.54) is 16.8 Å². The Morgan fingerprint density at radius 2 is 1.77 bits per heavy atom. The van der Waals surface area contributed by atoms with E-state index in [4.69, 9.17) is 0 Å². The summed E-state index contributed by atoms with van der Waals surface area (Å²) in [5, 5.41) is 0. The smallest absolute Gasteiger partial charge is 0.363 e. The van der Waals surface area contributed by atoms with Crippen molar-refractivity contribution in [2.45, 2.75) is 19.1 Å². The number of aromatic nitrogens is 2. The Bertz CT molecular complexity index is 632. The minimum Gasteiger partial charge on any atom is -0.363 e. The summed E-state index contributed by atoms with van der Waals surface area (Å²) in [5.41, 5.74) is -1.07. The standard InChI is InChI=1S/C12H19F3N4O2S/c1-8(7-22(5,20)21)19(4)11-16-9(12(13,14)15)6-10(17-11)18(2)3/h6,8H,7H2,1-5H3/t8-/m1/s1. The summed E-state index contributed by atoms with van der Waals surface area (Å²) in [7, 11) is 1.32. The second-order valence-corrected chi connectivity index (χ2v) is 7.54. The first-order chi connectivity index (χ1) is 9.81. The first kappa shape index (κ1) is 18.5. The van der Waals surface area contributed by atoms with Crippen LogP contribution >= 0.6 is 0 Å². The highest BCUT2D eigenvalue weighted by atomic mass is 32.2. The van der Waals surface area contributed by atoms with E-state index in [1.807, 2.05) is 0 Å². The molecule has 0 amide bonds. The Morgan fingerprint density at radius 1 is 1.23 bits per heavy atom. The van der Waals surface area contributed by atoms with E-state index in [-0.39, 0.29) is 17.5 Å². The van der Waals surface area contributed by atoms with Gasteiger partial charge in [0.15, 0.2) is 5.69 Å². The van der Waals surface area contributed by atoms with Crippen LogP contribution in [0.3, 0.4) is 0 Å². The molecule has 1 aromatic rings. The van der Waals surface area contributed by atoms with Gasteiger partial charge in [-0.05, 0) is 6.92 Å². The molecule has 0 N–H and O–H groups in total. The summed E-state index contributed by atoms with van der Waals surface area (Å²) in [5.74, 6) is -0.286. The molecule has 0 unspecified atom stereocenters. The van der Waals surface area contributed by atoms with E-state index in [2.05, 4.69) is 9.97 Å². The van der Waals surface area contributed by atoms with Gasteiger partial charge in [0.1, 0.15) is 15.7 Å². The molecule has 0 saturated carbocycles. The normalized spacial score (nSPS) is 13.8. The van der Waals surface area contributed by atoms with Crippen molar-refractivity contribution in [3.8, 4) is 0 Å². The van der Waals surface area contributed by atoms with E-state index >= 15 is 0 Å². The van der Waals surface area contributed by atoms with Crippen LogP contribution in [0.2, 0.25) is 0 Å². The van der Waals surface area contributed by atoms with E-state index in [0.29, 0.717) is 0 Å². The highest BCUT2D eigenvalue weighted by molar-refractivity contribution is 7.90. The fraction of sp³-hybridized carbons (Fsp3) is 0.667. The van der Waals surface area contributed by atoms with Crippen LogP contribution in [0.25, 0.3) is 0 Å². The molecule has 0 aromatic carbocycles. The van der Waals surface area contributed by atoms with Crippen LogP contribution in [-0.2, 0) is 16.0 Å². The van der Waals surface area contributed by atoms with Gasteiger partial charge in [-0.2, -0.15) is 18.2 Å². The number of nitrogens with zero attached hydrogens (tertiary/aromatic N) is 4. The van der Waals surface area contributed by atoms with Gasteiger partial charge in [0, 0.05) is 39.5 Å². The molecule has 22 heavy (non-hydrogen) atoms. The van der Waals surface area contributed by atoms with Crippen LogP contribution < -0.4 is 9.80 Å². The zero-order chi connectivity index (χ0) is 17.3. The molecule has 126 valence electrons. The SMILES string of the molecule is C[C@H](CS(C)(=O)=O)N(C)c1nc(N(C)C)cc(C(F)(F)F)n1. The molecular formula is C12H19F3N4O2S. The van der Waals surface area contributed by atoms with Crippen molar-refractivity contribution in [3.05, 3.63) is 11.8 Å². The minimum absolute atomic E-state index is 0.0933. The first-order valence-corrected chi connectivity index (χ1v) is 8.41. The first-order valence-electron chi connectivity index (χ1n) is 6.35. The molecule has 0 aliphatic heterocycles. The van der Waals surface area contributed by atoms with Crippen molar-refractivity contribution >= 4 is 21.6 Å². The molecule has 0 bridgehead atoms. The lowest BCUT2D eigenvalue weighted by molar-refractivity contribution is -0.141. The largest absolute Gasteiger partial charge is 0.433 e. The van der Waals surface area contributed by atoms with Gasteiger partial charge >= 0.3 is 6.18 Å². The quantitative estimate of drug-likeness (QED) is 0.808. The second kappa shape index (κ2) is 6.27. The maximum absolute atomic E-state index is 12.9. The van der Waals surface area contributed by atoms with Crippen molar-refractivity contribution in [1.82, 2.24) is 9.97 Å². The summed E-state index contributed by atoms with van der Waals surface area (Å²) in [6.07, 6.45) is -3.54. The Hall–Kier alpha value is -1.58. The number of rotatable bonds is 5. The van der Waals surface area contributed by atoms with E-state index < -0.39 is 27.7 Å². The van der Waals surface area contributed by atoms with Gasteiger partial charge in [0.25, 0.3) is 0 Å². The van der Waals surface area contributed by atoms with E-state index in [9.17, 15) is 21.6 Å². The zero-order valence-corrected chi connectivity index (χ0v) is 13.8. The number of sulfone groups is 1. The van der Waals surface area contributed by atoms with Crippen molar-refractivity contribution < 1.29 is 21.6 Å². The number of halogens is 3. The Morgan fingerprint density at radius 3 is 2.18 bits per heavy atom. The molecule has 1 aromatic heterocycles. The predicted molar refractivity (Wildman–Crippen MR) is 78.9 cm³/mol. The molecule has 0 aliphatic rings. The summed E-state index contributed by atoms with van der Waals surface area (Å²) in [4.78, 5) is 10.3. The molecule has 1 atom stereocenters. The van der Waals surface area contributed by atoms with Crippen molar-refractivity contribution in [2.75, 3.05) is 43.0 Å². The number of hydrogen-bond acceptors (Lipinski definition) is 6. The molecule has 0 fully saturated rings. The lowest BCUT2D eigenvalue weighted by Crippen LogP contribution is -2.36. The highest BCUT2D eigenvalue weighted by Gasteiger charge is 2.34. The van der Waals surface area contributed by atoms with Crippen molar-refractivity contribution in [1.29, 1.82) is 0 Å². The Balaban J connectivity index is 3.25. The van der Waals surface area contributed by atoms with Gasteiger partial charge in [0.05, 0.1) is 5.75 Å². The Labute approximate surface area is 127 Å². The average Bonchev–Trinajstić information content (AvgIpc) is 2.34. The van der Waals surface area contributed by atoms with Gasteiger partial charge in [-0.15, -0.1) is 0 Å². The van der Waals surface area contributed by atoms with Gasteiger partial charge in [0.2, 0.25) is 5.95 Å². The fourth-order valence-corrected chi connectivity index (χ4v) is 2.80. The summed E-state index contributed by atoms with van der Waals surface area (Å²) < 4.78 is 61.4. The number of alkyl halides is 3. The van der Waals surface area contributed by atoms with Gasteiger partial charge in [-0.25, -0.2) is 13.4 Å². The van der Waals surface area contributed by atoms with E-state index in [0.717, 1.165) is 12.3 Å². The third-order valence-corrected chi connectivity index (χ3v) is 4.06. The van der Waals surface area contributed by atoms with Gasteiger partial charge in [-0.3, -0.25) is 0 Å². The van der Waals surface area contributed by atoms with E-state index in [1.54, 1.807) is 21.0 Å². The van der Waals surface area contributed by atoms with Crippen LogP contribution in [0.1, 0.15) is 12.6 Å². The minimum atomic E-state index is -4.61. The van der Waals surface area contributed by atoms with Crippen molar-refractivity contribution in [3.63, 3.8) is 0 Å². The molecule has 0 radical (unpaired) electrons. The summed E-state index contributed by atoms with van der Waals surface area (Å²) in [6.45, 7) is 1.58. The van der Waals surface area contributed by atoms with Crippen LogP contribution in [0.4, 0.5) is 24.9 Å². The molecule has 1 rings (SSSR count). The third-order valence-electron chi connectivity index (χ3n) is 2.97. The van der Waals surface area contributed by atoms with Gasteiger partial charge < -0.3 is 9.80 Å². The molecule has 6 nitrogen and oxygen atoms in total. The second-order valence-electron chi connectivity index (χ2n) is 5.36. The predicted octanol–water partition coefficient (Wildman–Crippen LogP) is 1.43. The average molecular weight is 340 g/mol. The summed E-state index contributed by atoms with van der Waals surface area (Å²) in [6, 6.07) is 0.284. The maximum atomic E-state index is 12.9. The molecule has 0 aliphatic carbocycles. The lowest BCUT2D eigenvalue weighted by Gasteiger charge is -2.26. The topological polar surface area (TPSA) is 66.4 Å². The fourth-order valence-electron chi connectivity index (χ4n) is 1.70.